The Morgan fingerprint density at radius 3 is 2.37 bits per heavy atom. The lowest BCUT2D eigenvalue weighted by atomic mass is 9.46. The number of amides is 3. The van der Waals surface area contributed by atoms with Gasteiger partial charge in [0.2, 0.25) is 17.7 Å². The second-order valence-electron chi connectivity index (χ2n) is 10.5. The van der Waals surface area contributed by atoms with Crippen LogP contribution in [0.25, 0.3) is 0 Å². The fourth-order valence-corrected chi connectivity index (χ4v) is 7.72. The van der Waals surface area contributed by atoms with Gasteiger partial charge in [-0.05, 0) is 49.0 Å². The van der Waals surface area contributed by atoms with Crippen LogP contribution in [0, 0.1) is 28.6 Å². The third-order valence-electron chi connectivity index (χ3n) is 9.63. The molecule has 5 aliphatic heterocycles. The quantitative estimate of drug-likeness (QED) is 0.602. The van der Waals surface area contributed by atoms with Gasteiger partial charge in [0, 0.05) is 33.1 Å². The molecule has 4 bridgehead atoms. The van der Waals surface area contributed by atoms with E-state index < -0.39 is 11.0 Å². The predicted octanol–water partition coefficient (Wildman–Crippen LogP) is 1.35. The Morgan fingerprint density at radius 1 is 1.04 bits per heavy atom. The maximum atomic E-state index is 13.7. The molecule has 0 aromatic heterocycles. The van der Waals surface area contributed by atoms with Crippen molar-refractivity contribution in [3.63, 3.8) is 0 Å². The number of imide groups is 1. The number of hydrogen-bond acceptors (Lipinski definition) is 4. The number of hydrogen-bond donors (Lipinski definition) is 0. The first kappa shape index (κ1) is 17.7. The van der Waals surface area contributed by atoms with Crippen molar-refractivity contribution in [2.75, 3.05) is 27.2 Å². The third-order valence-corrected chi connectivity index (χ3v) is 9.63. The molecule has 27 heavy (non-hydrogen) atoms. The first-order valence-corrected chi connectivity index (χ1v) is 10.4. The molecule has 0 radical (unpaired) electrons. The molecule has 0 N–H and O–H groups in total. The minimum atomic E-state index is -0.672. The molecule has 1 aliphatic carbocycles. The van der Waals surface area contributed by atoms with Gasteiger partial charge in [0.15, 0.2) is 0 Å². The number of likely N-dealkylation sites (N-methyl/N-ethyl adjacent to an activating group) is 1. The summed E-state index contributed by atoms with van der Waals surface area (Å²) in [6.45, 7) is 8.58. The lowest BCUT2D eigenvalue weighted by Crippen LogP contribution is -2.65. The number of rotatable bonds is 0. The van der Waals surface area contributed by atoms with Crippen molar-refractivity contribution in [2.45, 2.75) is 58.0 Å². The van der Waals surface area contributed by atoms with E-state index in [1.807, 2.05) is 11.9 Å². The van der Waals surface area contributed by atoms with Gasteiger partial charge >= 0.3 is 0 Å². The van der Waals surface area contributed by atoms with Gasteiger partial charge in [-0.25, -0.2) is 0 Å². The number of likely N-dealkylation sites (tertiary alicyclic amines) is 1. The van der Waals surface area contributed by atoms with Gasteiger partial charge < -0.3 is 4.90 Å². The lowest BCUT2D eigenvalue weighted by Gasteiger charge is -2.60. The number of nitrogens with zero attached hydrogens (tertiary/aromatic N) is 3. The van der Waals surface area contributed by atoms with Gasteiger partial charge in [-0.3, -0.25) is 24.2 Å². The van der Waals surface area contributed by atoms with E-state index in [9.17, 15) is 14.4 Å². The summed E-state index contributed by atoms with van der Waals surface area (Å²) in [5, 5.41) is 0. The average Bonchev–Trinajstić information content (AvgIpc) is 3.02. The first-order chi connectivity index (χ1) is 12.6. The van der Waals surface area contributed by atoms with E-state index >= 15 is 0 Å². The van der Waals surface area contributed by atoms with E-state index in [4.69, 9.17) is 0 Å². The zero-order valence-corrected chi connectivity index (χ0v) is 17.1. The summed E-state index contributed by atoms with van der Waals surface area (Å²) in [7, 11) is 3.56. The summed E-state index contributed by atoms with van der Waals surface area (Å²) < 4.78 is 0. The highest BCUT2D eigenvalue weighted by molar-refractivity contribution is 6.06. The van der Waals surface area contributed by atoms with Crippen LogP contribution in [0.2, 0.25) is 0 Å². The Bertz CT molecular complexity index is 764. The van der Waals surface area contributed by atoms with Gasteiger partial charge in [0.25, 0.3) is 0 Å². The highest BCUT2D eigenvalue weighted by atomic mass is 16.2. The van der Waals surface area contributed by atoms with E-state index in [0.717, 1.165) is 25.9 Å². The third kappa shape index (κ3) is 1.71. The summed E-state index contributed by atoms with van der Waals surface area (Å²) in [6.07, 6.45) is 2.81. The number of fused-ring (bicyclic) bond motifs is 1. The molecule has 0 aromatic rings. The Kier molecular flexibility index (Phi) is 3.23. The Balaban J connectivity index is 1.69. The van der Waals surface area contributed by atoms with E-state index in [1.165, 1.54) is 4.90 Å². The Labute approximate surface area is 161 Å². The fraction of sp³-hybridized carbons (Fsp3) is 0.857. The van der Waals surface area contributed by atoms with Crippen LogP contribution < -0.4 is 0 Å². The molecule has 5 heterocycles. The number of piperidine rings is 1. The van der Waals surface area contributed by atoms with E-state index in [0.29, 0.717) is 24.7 Å². The highest BCUT2D eigenvalue weighted by Gasteiger charge is 2.73. The van der Waals surface area contributed by atoms with Crippen molar-refractivity contribution < 1.29 is 14.4 Å². The summed E-state index contributed by atoms with van der Waals surface area (Å²) >= 11 is 0. The molecular formula is C21H31N3O3. The van der Waals surface area contributed by atoms with Crippen molar-refractivity contribution in [3.05, 3.63) is 0 Å². The van der Waals surface area contributed by atoms with Crippen LogP contribution >= 0.6 is 0 Å². The smallest absolute Gasteiger partial charge is 0.243 e. The maximum absolute atomic E-state index is 13.7. The molecule has 6 nitrogen and oxygen atoms in total. The van der Waals surface area contributed by atoms with Crippen LogP contribution in [-0.4, -0.2) is 71.2 Å². The van der Waals surface area contributed by atoms with Crippen LogP contribution in [0.1, 0.15) is 46.5 Å². The molecule has 6 rings (SSSR count). The maximum Gasteiger partial charge on any atom is 0.243 e. The second kappa shape index (κ2) is 4.94. The van der Waals surface area contributed by atoms with Gasteiger partial charge in [0.05, 0.1) is 5.41 Å². The van der Waals surface area contributed by atoms with E-state index in [1.54, 1.807) is 7.05 Å². The van der Waals surface area contributed by atoms with Crippen LogP contribution in [0.5, 0.6) is 0 Å². The highest BCUT2D eigenvalue weighted by Crippen LogP contribution is 2.66. The molecule has 3 amide bonds. The van der Waals surface area contributed by atoms with Crippen LogP contribution in [0.15, 0.2) is 0 Å². The largest absolute Gasteiger partial charge is 0.341 e. The van der Waals surface area contributed by atoms with Crippen LogP contribution in [0.4, 0.5) is 0 Å². The normalized spacial score (nSPS) is 48.6. The van der Waals surface area contributed by atoms with Gasteiger partial charge in [-0.1, -0.05) is 20.8 Å². The standard InChI is InChI=1S/C21H31N3O3/c1-12-6-7-24-11-13-14-8-21(12,24)18(27)22(4)15(13)9-20(19(14,2)3)10-16(25)23(5)17(20)26/h12-15H,6-11H2,1-5H3/t12-,13+,14+,15?,20+,21+/m0/s1. The second-order valence-corrected chi connectivity index (χ2v) is 10.5. The molecule has 0 aromatic carbocycles. The van der Waals surface area contributed by atoms with Crippen LogP contribution in [-0.2, 0) is 14.4 Å². The van der Waals surface area contributed by atoms with Crippen molar-refractivity contribution in [1.82, 2.24) is 14.7 Å². The Morgan fingerprint density at radius 2 is 1.74 bits per heavy atom. The molecule has 6 heteroatoms. The van der Waals surface area contributed by atoms with Crippen LogP contribution in [0.3, 0.4) is 0 Å². The summed E-state index contributed by atoms with van der Waals surface area (Å²) in [6, 6.07) is 0.0518. The zero-order chi connectivity index (χ0) is 19.5. The monoisotopic (exact) mass is 373 g/mol. The molecule has 6 aliphatic rings. The van der Waals surface area contributed by atoms with E-state index in [2.05, 4.69) is 25.7 Å². The summed E-state index contributed by atoms with van der Waals surface area (Å²) in [5.74, 6) is 1.16. The molecule has 1 saturated carbocycles. The summed E-state index contributed by atoms with van der Waals surface area (Å²) in [4.78, 5) is 45.3. The van der Waals surface area contributed by atoms with Crippen molar-refractivity contribution >= 4 is 17.7 Å². The minimum absolute atomic E-state index is 0.0281. The molecule has 6 fully saturated rings. The molecule has 2 spiro atoms. The molecule has 5 saturated heterocycles. The van der Waals surface area contributed by atoms with Crippen molar-refractivity contribution in [1.29, 1.82) is 0 Å². The van der Waals surface area contributed by atoms with Crippen molar-refractivity contribution in [2.24, 2.45) is 28.6 Å². The minimum Gasteiger partial charge on any atom is -0.341 e. The molecular weight excluding hydrogens is 342 g/mol. The van der Waals surface area contributed by atoms with Gasteiger partial charge in [-0.2, -0.15) is 0 Å². The Hall–Kier alpha value is -1.43. The topological polar surface area (TPSA) is 60.9 Å². The number of carbonyl (C=O) groups excluding carboxylic acids is 3. The number of carbonyl (C=O) groups is 3. The molecule has 148 valence electrons. The lowest BCUT2D eigenvalue weighted by molar-refractivity contribution is -0.162. The average molecular weight is 373 g/mol. The van der Waals surface area contributed by atoms with Crippen molar-refractivity contribution in [3.8, 4) is 0 Å². The first-order valence-electron chi connectivity index (χ1n) is 10.4. The zero-order valence-electron chi connectivity index (χ0n) is 17.1. The SMILES string of the molecule is C[C@H]1CCN2C[C@H]3C4C[C@]5(CC(=O)N(C)C5=O)C(C)(C)[C@@H]3C[C@]12C(=O)N4C. The predicted molar refractivity (Wildman–Crippen MR) is 99.5 cm³/mol. The summed E-state index contributed by atoms with van der Waals surface area (Å²) in [5.41, 5.74) is -1.38. The molecule has 6 atom stereocenters. The fourth-order valence-electron chi connectivity index (χ4n) is 7.72. The van der Waals surface area contributed by atoms with E-state index in [-0.39, 0.29) is 35.1 Å². The molecule has 1 unspecified atom stereocenters. The van der Waals surface area contributed by atoms with Gasteiger partial charge in [-0.15, -0.1) is 0 Å². The van der Waals surface area contributed by atoms with Gasteiger partial charge in [0.1, 0.15) is 5.54 Å².